The summed E-state index contributed by atoms with van der Waals surface area (Å²) < 4.78 is 18.3. The van der Waals surface area contributed by atoms with Crippen LogP contribution in [0.2, 0.25) is 5.02 Å². The normalized spacial score (nSPS) is 27.6. The fraction of sp³-hybridized carbons (Fsp3) is 0.417. The van der Waals surface area contributed by atoms with E-state index in [0.29, 0.717) is 5.02 Å². The van der Waals surface area contributed by atoms with Crippen LogP contribution < -0.4 is 0 Å². The van der Waals surface area contributed by atoms with E-state index in [4.69, 9.17) is 16.3 Å². The van der Waals surface area contributed by atoms with Gasteiger partial charge in [-0.15, -0.1) is 0 Å². The highest BCUT2D eigenvalue weighted by molar-refractivity contribution is 6.30. The van der Waals surface area contributed by atoms with Gasteiger partial charge in [0.15, 0.2) is 0 Å². The van der Waals surface area contributed by atoms with Crippen molar-refractivity contribution in [3.8, 4) is 0 Å². The van der Waals surface area contributed by atoms with Crippen LogP contribution in [0, 0.1) is 5.92 Å². The van der Waals surface area contributed by atoms with Crippen LogP contribution in [0.4, 0.5) is 4.39 Å². The highest BCUT2D eigenvalue weighted by Gasteiger charge is 2.57. The third-order valence-electron chi connectivity index (χ3n) is 2.75. The Morgan fingerprint density at radius 3 is 2.62 bits per heavy atom. The molecule has 0 N–H and O–H groups in total. The topological polar surface area (TPSA) is 26.3 Å². The van der Waals surface area contributed by atoms with Crippen LogP contribution in [0.3, 0.4) is 0 Å². The summed E-state index contributed by atoms with van der Waals surface area (Å²) in [6.07, 6.45) is -1.12. The standard InChI is InChI=1S/C12H12ClFO2/c1-2-16-12(15)10-9(11(10)14)7-3-5-8(13)6-4-7/h3-6,9-11H,2H2,1H3/t9-,10-,11+/m0/s1. The largest absolute Gasteiger partial charge is 0.466 e. The lowest BCUT2D eigenvalue weighted by Crippen LogP contribution is -2.08. The van der Waals surface area contributed by atoms with Crippen molar-refractivity contribution >= 4 is 17.6 Å². The molecule has 2 nitrogen and oxygen atoms in total. The number of halogens is 2. The smallest absolute Gasteiger partial charge is 0.312 e. The zero-order chi connectivity index (χ0) is 11.7. The van der Waals surface area contributed by atoms with Gasteiger partial charge >= 0.3 is 5.97 Å². The van der Waals surface area contributed by atoms with E-state index < -0.39 is 18.1 Å². The summed E-state index contributed by atoms with van der Waals surface area (Å²) >= 11 is 5.74. The summed E-state index contributed by atoms with van der Waals surface area (Å²) in [4.78, 5) is 11.4. The molecule has 4 heteroatoms. The molecule has 0 radical (unpaired) electrons. The molecule has 0 spiro atoms. The van der Waals surface area contributed by atoms with E-state index in [1.54, 1.807) is 31.2 Å². The number of rotatable bonds is 3. The maximum Gasteiger partial charge on any atom is 0.312 e. The van der Waals surface area contributed by atoms with E-state index in [1.165, 1.54) is 0 Å². The van der Waals surface area contributed by atoms with Gasteiger partial charge in [-0.25, -0.2) is 4.39 Å². The van der Waals surface area contributed by atoms with Crippen molar-refractivity contribution in [3.63, 3.8) is 0 Å². The molecule has 0 heterocycles. The minimum Gasteiger partial charge on any atom is -0.466 e. The van der Waals surface area contributed by atoms with E-state index in [2.05, 4.69) is 0 Å². The van der Waals surface area contributed by atoms with Gasteiger partial charge in [0.05, 0.1) is 12.5 Å². The molecular formula is C12H12ClFO2. The summed E-state index contributed by atoms with van der Waals surface area (Å²) in [7, 11) is 0. The Kier molecular flexibility index (Phi) is 3.15. The van der Waals surface area contributed by atoms with Crippen LogP contribution in [0.1, 0.15) is 18.4 Å². The molecule has 2 rings (SSSR count). The first-order valence-electron chi connectivity index (χ1n) is 5.21. The van der Waals surface area contributed by atoms with Crippen molar-refractivity contribution in [1.82, 2.24) is 0 Å². The lowest BCUT2D eigenvalue weighted by molar-refractivity contribution is -0.145. The highest BCUT2D eigenvalue weighted by atomic mass is 35.5. The summed E-state index contributed by atoms with van der Waals surface area (Å²) in [6.45, 7) is 2.00. The molecule has 1 aliphatic rings. The number of carbonyl (C=O) groups excluding carboxylic acids is 1. The predicted molar refractivity (Wildman–Crippen MR) is 59.2 cm³/mol. The molecule has 0 amide bonds. The Morgan fingerprint density at radius 2 is 2.06 bits per heavy atom. The van der Waals surface area contributed by atoms with Crippen LogP contribution in [-0.2, 0) is 9.53 Å². The maximum absolute atomic E-state index is 13.5. The second-order valence-electron chi connectivity index (χ2n) is 3.80. The summed E-state index contributed by atoms with van der Waals surface area (Å²) in [5.74, 6) is -1.45. The van der Waals surface area contributed by atoms with E-state index in [9.17, 15) is 9.18 Å². The van der Waals surface area contributed by atoms with Gasteiger partial charge in [0.2, 0.25) is 0 Å². The molecule has 0 aromatic heterocycles. The molecule has 1 fully saturated rings. The van der Waals surface area contributed by atoms with Crippen LogP contribution in [0.25, 0.3) is 0 Å². The summed E-state index contributed by atoms with van der Waals surface area (Å²) in [5.41, 5.74) is 0.801. The maximum atomic E-state index is 13.5. The zero-order valence-electron chi connectivity index (χ0n) is 8.82. The zero-order valence-corrected chi connectivity index (χ0v) is 9.58. The molecule has 1 aromatic carbocycles. The monoisotopic (exact) mass is 242 g/mol. The second kappa shape index (κ2) is 4.42. The van der Waals surface area contributed by atoms with E-state index in [0.717, 1.165) is 5.56 Å². The number of benzene rings is 1. The summed E-state index contributed by atoms with van der Waals surface area (Å²) in [6, 6.07) is 6.89. The van der Waals surface area contributed by atoms with Crippen LogP contribution in [0.15, 0.2) is 24.3 Å². The fourth-order valence-electron chi connectivity index (χ4n) is 1.87. The SMILES string of the molecule is CCOC(=O)[C@@H]1[C@H](F)[C@H]1c1ccc(Cl)cc1. The third kappa shape index (κ3) is 2.05. The second-order valence-corrected chi connectivity index (χ2v) is 4.24. The van der Waals surface area contributed by atoms with Crippen LogP contribution in [-0.4, -0.2) is 18.7 Å². The minimum atomic E-state index is -1.12. The van der Waals surface area contributed by atoms with Gasteiger partial charge in [-0.3, -0.25) is 4.79 Å². The van der Waals surface area contributed by atoms with Gasteiger partial charge in [0.25, 0.3) is 0 Å². The lowest BCUT2D eigenvalue weighted by atomic mass is 10.1. The van der Waals surface area contributed by atoms with Crippen LogP contribution in [0.5, 0.6) is 0 Å². The van der Waals surface area contributed by atoms with Crippen molar-refractivity contribution < 1.29 is 13.9 Å². The summed E-state index contributed by atoms with van der Waals surface area (Å²) in [5, 5.41) is 0.604. The molecule has 16 heavy (non-hydrogen) atoms. The molecule has 3 atom stereocenters. The average Bonchev–Trinajstić information content (AvgIpc) is 2.92. The Balaban J connectivity index is 2.08. The van der Waals surface area contributed by atoms with E-state index >= 15 is 0 Å². The van der Waals surface area contributed by atoms with E-state index in [1.807, 2.05) is 0 Å². The molecule has 1 aromatic rings. The average molecular weight is 243 g/mol. The van der Waals surface area contributed by atoms with Crippen molar-refractivity contribution in [2.24, 2.45) is 5.92 Å². The lowest BCUT2D eigenvalue weighted by Gasteiger charge is -2.00. The molecule has 1 saturated carbocycles. The highest BCUT2D eigenvalue weighted by Crippen LogP contribution is 2.51. The Labute approximate surface area is 98.4 Å². The number of hydrogen-bond acceptors (Lipinski definition) is 2. The molecule has 0 saturated heterocycles. The van der Waals surface area contributed by atoms with Crippen molar-refractivity contribution in [2.75, 3.05) is 6.61 Å². The van der Waals surface area contributed by atoms with Gasteiger partial charge in [0, 0.05) is 10.9 Å². The molecule has 1 aliphatic carbocycles. The fourth-order valence-corrected chi connectivity index (χ4v) is 1.99. The Morgan fingerprint density at radius 1 is 1.44 bits per heavy atom. The number of alkyl halides is 1. The third-order valence-corrected chi connectivity index (χ3v) is 3.00. The van der Waals surface area contributed by atoms with Crippen LogP contribution >= 0.6 is 11.6 Å². The molecule has 0 unspecified atom stereocenters. The quantitative estimate of drug-likeness (QED) is 0.762. The Bertz CT molecular complexity index is 391. The van der Waals surface area contributed by atoms with Gasteiger partial charge in [-0.1, -0.05) is 23.7 Å². The van der Waals surface area contributed by atoms with Crippen molar-refractivity contribution in [3.05, 3.63) is 34.9 Å². The van der Waals surface area contributed by atoms with Crippen molar-refractivity contribution in [2.45, 2.75) is 19.0 Å². The molecule has 86 valence electrons. The minimum absolute atomic E-state index is 0.287. The van der Waals surface area contributed by atoms with Gasteiger partial charge < -0.3 is 4.74 Å². The van der Waals surface area contributed by atoms with Gasteiger partial charge in [0.1, 0.15) is 6.17 Å². The first-order valence-corrected chi connectivity index (χ1v) is 5.59. The van der Waals surface area contributed by atoms with Gasteiger partial charge in [-0.05, 0) is 24.6 Å². The number of esters is 1. The Hall–Kier alpha value is -1.09. The molecule has 0 bridgehead atoms. The number of ether oxygens (including phenoxy) is 1. The molecular weight excluding hydrogens is 231 g/mol. The van der Waals surface area contributed by atoms with Gasteiger partial charge in [-0.2, -0.15) is 0 Å². The first-order chi connectivity index (χ1) is 7.65. The predicted octanol–water partition coefficient (Wildman–Crippen LogP) is 2.95. The van der Waals surface area contributed by atoms with Crippen molar-refractivity contribution in [1.29, 1.82) is 0 Å². The first kappa shape index (κ1) is 11.4. The molecule has 0 aliphatic heterocycles. The number of hydrogen-bond donors (Lipinski definition) is 0. The number of carbonyl (C=O) groups is 1. The van der Waals surface area contributed by atoms with E-state index in [-0.39, 0.29) is 12.5 Å².